The van der Waals surface area contributed by atoms with E-state index in [-0.39, 0.29) is 22.5 Å². The van der Waals surface area contributed by atoms with E-state index in [0.717, 1.165) is 6.07 Å². The molecule has 0 saturated heterocycles. The summed E-state index contributed by atoms with van der Waals surface area (Å²) in [5.41, 5.74) is -0.756. The highest BCUT2D eigenvalue weighted by Gasteiger charge is 2.16. The van der Waals surface area contributed by atoms with Crippen LogP contribution < -0.4 is 0 Å². The predicted octanol–water partition coefficient (Wildman–Crippen LogP) is 2.76. The number of aliphatic imine (C=N–C) groups is 1. The van der Waals surface area contributed by atoms with Gasteiger partial charge in [-0.05, 0) is 20.2 Å². The molecule has 0 spiro atoms. The molecule has 1 heterocycles. The number of hydrogen-bond donors (Lipinski definition) is 1. The average Bonchev–Trinajstić information content (AvgIpc) is 2.94. The van der Waals surface area contributed by atoms with Gasteiger partial charge in [0.25, 0.3) is 0 Å². The number of aromatic nitrogens is 2. The number of aromatic amines is 1. The fraction of sp³-hybridized carbons (Fsp3) is 0.357. The van der Waals surface area contributed by atoms with E-state index < -0.39 is 11.6 Å². The van der Waals surface area contributed by atoms with E-state index in [9.17, 15) is 8.78 Å². The Morgan fingerprint density at radius 2 is 2.26 bits per heavy atom. The molecule has 122 valence electrons. The third-order valence-electron chi connectivity index (χ3n) is 2.92. The first kappa shape index (κ1) is 17.6. The van der Waals surface area contributed by atoms with Crippen LogP contribution in [0.5, 0.6) is 0 Å². The van der Waals surface area contributed by atoms with Gasteiger partial charge in [0.05, 0.1) is 9.99 Å². The van der Waals surface area contributed by atoms with Crippen molar-refractivity contribution in [2.45, 2.75) is 0 Å². The number of H-pyrrole nitrogens is 1. The standard InChI is InChI=1S/C14H14F2IN5O/c1-22(2)3-4-23-10(6-17)19-14-20-12-9(15)5-8(7-18)11(16)13(12)21-14/h5H,3-4,6H2,1-2H3,(H,20,21)/b19-10-. The van der Waals surface area contributed by atoms with Crippen molar-refractivity contribution in [2.24, 2.45) is 4.99 Å². The zero-order valence-corrected chi connectivity index (χ0v) is 14.7. The van der Waals surface area contributed by atoms with Crippen LogP contribution in [-0.2, 0) is 4.74 Å². The first-order chi connectivity index (χ1) is 11.0. The number of nitrogens with one attached hydrogen (secondary N) is 1. The number of likely N-dealkylation sites (N-methyl/N-ethyl adjacent to an activating group) is 1. The maximum Gasteiger partial charge on any atom is 0.231 e. The van der Waals surface area contributed by atoms with Crippen LogP contribution in [0.3, 0.4) is 0 Å². The van der Waals surface area contributed by atoms with Crippen LogP contribution in [0.4, 0.5) is 14.7 Å². The number of imidazole rings is 1. The van der Waals surface area contributed by atoms with E-state index in [4.69, 9.17) is 10.00 Å². The molecule has 2 aromatic rings. The fourth-order valence-electron chi connectivity index (χ4n) is 1.78. The van der Waals surface area contributed by atoms with Crippen LogP contribution in [0, 0.1) is 23.0 Å². The Hall–Kier alpha value is -1.80. The van der Waals surface area contributed by atoms with Gasteiger partial charge >= 0.3 is 0 Å². The minimum absolute atomic E-state index is 0.0319. The van der Waals surface area contributed by atoms with Gasteiger partial charge in [0.15, 0.2) is 11.6 Å². The van der Waals surface area contributed by atoms with E-state index in [2.05, 4.69) is 37.6 Å². The lowest BCUT2D eigenvalue weighted by Crippen LogP contribution is -2.20. The molecule has 1 aromatic heterocycles. The number of rotatable bonds is 5. The molecular formula is C14H14F2IN5O. The molecule has 2 rings (SSSR count). The Balaban J connectivity index is 2.33. The first-order valence-corrected chi connectivity index (χ1v) is 8.17. The number of alkyl halides is 1. The Kier molecular flexibility index (Phi) is 5.84. The van der Waals surface area contributed by atoms with E-state index in [0.29, 0.717) is 23.5 Å². The first-order valence-electron chi connectivity index (χ1n) is 6.65. The number of benzene rings is 1. The molecule has 0 radical (unpaired) electrons. The van der Waals surface area contributed by atoms with Crippen molar-refractivity contribution in [1.82, 2.24) is 14.9 Å². The van der Waals surface area contributed by atoms with E-state index in [1.54, 1.807) is 6.07 Å². The molecule has 0 saturated carbocycles. The van der Waals surface area contributed by atoms with Crippen LogP contribution in [0.1, 0.15) is 5.56 Å². The molecule has 6 nitrogen and oxygen atoms in total. The third-order valence-corrected chi connectivity index (χ3v) is 3.57. The van der Waals surface area contributed by atoms with E-state index in [1.165, 1.54) is 0 Å². The summed E-state index contributed by atoms with van der Waals surface area (Å²) in [5, 5.41) is 8.79. The monoisotopic (exact) mass is 433 g/mol. The van der Waals surface area contributed by atoms with Crippen LogP contribution >= 0.6 is 22.6 Å². The van der Waals surface area contributed by atoms with Crippen LogP contribution in [0.25, 0.3) is 11.0 Å². The predicted molar refractivity (Wildman–Crippen MR) is 91.2 cm³/mol. The lowest BCUT2D eigenvalue weighted by atomic mass is 10.2. The van der Waals surface area contributed by atoms with Crippen molar-refractivity contribution < 1.29 is 13.5 Å². The van der Waals surface area contributed by atoms with Crippen molar-refractivity contribution in [3.05, 3.63) is 23.3 Å². The van der Waals surface area contributed by atoms with Crippen LogP contribution in [0.15, 0.2) is 11.1 Å². The van der Waals surface area contributed by atoms with Crippen LogP contribution in [-0.4, -0.2) is 52.4 Å². The molecule has 0 bridgehead atoms. The maximum atomic E-state index is 14.0. The third kappa shape index (κ3) is 4.14. The Bertz CT molecular complexity index is 782. The molecule has 0 aliphatic carbocycles. The maximum absolute atomic E-state index is 14.0. The largest absolute Gasteiger partial charge is 0.479 e. The second-order valence-corrected chi connectivity index (χ2v) is 5.67. The molecular weight excluding hydrogens is 419 g/mol. The van der Waals surface area contributed by atoms with Gasteiger partial charge < -0.3 is 14.6 Å². The summed E-state index contributed by atoms with van der Waals surface area (Å²) < 4.78 is 33.9. The van der Waals surface area contributed by atoms with Crippen molar-refractivity contribution in [3.8, 4) is 6.07 Å². The van der Waals surface area contributed by atoms with Gasteiger partial charge in [0.1, 0.15) is 23.7 Å². The summed E-state index contributed by atoms with van der Waals surface area (Å²) in [5.74, 6) is -1.19. The summed E-state index contributed by atoms with van der Waals surface area (Å²) in [6.45, 7) is 1.15. The van der Waals surface area contributed by atoms with Crippen LogP contribution in [0.2, 0.25) is 0 Å². The van der Waals surface area contributed by atoms with Gasteiger partial charge in [0.2, 0.25) is 11.8 Å². The molecule has 0 unspecified atom stereocenters. The second-order valence-electron chi connectivity index (χ2n) is 4.91. The number of nitriles is 1. The highest BCUT2D eigenvalue weighted by atomic mass is 127. The lowest BCUT2D eigenvalue weighted by Gasteiger charge is -2.10. The number of ether oxygens (including phenoxy) is 1. The van der Waals surface area contributed by atoms with E-state index >= 15 is 0 Å². The second kappa shape index (κ2) is 7.65. The zero-order chi connectivity index (χ0) is 17.0. The Labute approximate surface area is 145 Å². The number of nitrogens with zero attached hydrogens (tertiary/aromatic N) is 4. The highest BCUT2D eigenvalue weighted by molar-refractivity contribution is 14.1. The van der Waals surface area contributed by atoms with Gasteiger partial charge in [0, 0.05) is 6.54 Å². The molecule has 0 amide bonds. The molecule has 0 atom stereocenters. The van der Waals surface area contributed by atoms with Gasteiger partial charge in [-0.15, -0.1) is 0 Å². The van der Waals surface area contributed by atoms with Gasteiger partial charge in [-0.25, -0.2) is 13.8 Å². The quantitative estimate of drug-likeness (QED) is 0.341. The van der Waals surface area contributed by atoms with Gasteiger partial charge in [-0.2, -0.15) is 10.3 Å². The summed E-state index contributed by atoms with van der Waals surface area (Å²) >= 11 is 2.07. The van der Waals surface area contributed by atoms with Crippen molar-refractivity contribution in [3.63, 3.8) is 0 Å². The topological polar surface area (TPSA) is 77.3 Å². The van der Waals surface area contributed by atoms with Gasteiger partial charge in [-0.1, -0.05) is 22.6 Å². The van der Waals surface area contributed by atoms with E-state index in [1.807, 2.05) is 19.0 Å². The molecule has 0 fully saturated rings. The van der Waals surface area contributed by atoms with Gasteiger partial charge in [-0.3, -0.25) is 0 Å². The molecule has 9 heteroatoms. The number of fused-ring (bicyclic) bond motifs is 1. The van der Waals surface area contributed by atoms with Crippen molar-refractivity contribution >= 4 is 45.5 Å². The lowest BCUT2D eigenvalue weighted by molar-refractivity contribution is 0.251. The minimum atomic E-state index is -0.845. The normalized spacial score (nSPS) is 12.0. The number of hydrogen-bond acceptors (Lipinski definition) is 5. The average molecular weight is 433 g/mol. The smallest absolute Gasteiger partial charge is 0.231 e. The molecule has 23 heavy (non-hydrogen) atoms. The molecule has 0 aliphatic rings. The summed E-state index contributed by atoms with van der Waals surface area (Å²) in [6.07, 6.45) is 0. The molecule has 1 aromatic carbocycles. The number of halogens is 3. The van der Waals surface area contributed by atoms with Crippen molar-refractivity contribution in [1.29, 1.82) is 5.26 Å². The molecule has 0 aliphatic heterocycles. The Morgan fingerprint density at radius 1 is 1.52 bits per heavy atom. The Morgan fingerprint density at radius 3 is 2.87 bits per heavy atom. The summed E-state index contributed by atoms with van der Waals surface area (Å²) in [6, 6.07) is 2.42. The fourth-order valence-corrected chi connectivity index (χ4v) is 2.18. The molecule has 1 N–H and O–H groups in total. The summed E-state index contributed by atoms with van der Waals surface area (Å²) in [7, 11) is 3.84. The van der Waals surface area contributed by atoms with Crippen molar-refractivity contribution in [2.75, 3.05) is 31.7 Å². The highest BCUT2D eigenvalue weighted by Crippen LogP contribution is 2.24. The minimum Gasteiger partial charge on any atom is -0.479 e. The zero-order valence-electron chi connectivity index (χ0n) is 12.5. The summed E-state index contributed by atoms with van der Waals surface area (Å²) in [4.78, 5) is 12.6. The SMILES string of the molecule is CN(C)CCO/C(CI)=N\c1nc2c(F)cc(C#N)c(F)c2[nH]1.